The van der Waals surface area contributed by atoms with E-state index in [1.54, 1.807) is 0 Å². The van der Waals surface area contributed by atoms with Crippen LogP contribution in [0.15, 0.2) is 42.5 Å². The van der Waals surface area contributed by atoms with Gasteiger partial charge in [-0.05, 0) is 35.7 Å². The number of carbonyl (C=O) groups excluding carboxylic acids is 1. The van der Waals surface area contributed by atoms with Crippen LogP contribution in [0.3, 0.4) is 0 Å². The van der Waals surface area contributed by atoms with Crippen molar-refractivity contribution >= 4 is 16.7 Å². The molecular weight excluding hydrogens is 224 g/mol. The Balaban J connectivity index is 2.48. The van der Waals surface area contributed by atoms with Crippen molar-refractivity contribution in [1.82, 2.24) is 0 Å². The second-order valence-corrected chi connectivity index (χ2v) is 4.74. The number of hydrogen-bond donors (Lipinski definition) is 0. The Labute approximate surface area is 108 Å². The molecule has 2 rings (SSSR count). The van der Waals surface area contributed by atoms with Crippen LogP contribution >= 0.6 is 0 Å². The first kappa shape index (κ1) is 12.6. The first-order valence-electron chi connectivity index (χ1n) is 6.24. The highest BCUT2D eigenvalue weighted by Crippen LogP contribution is 2.31. The zero-order valence-electron chi connectivity index (χ0n) is 11.1. The Hall–Kier alpha value is -1.83. The van der Waals surface area contributed by atoms with E-state index in [-0.39, 0.29) is 5.97 Å². The summed E-state index contributed by atoms with van der Waals surface area (Å²) < 4.78 is 5.48. The van der Waals surface area contributed by atoms with E-state index in [1.807, 2.05) is 32.0 Å². The van der Waals surface area contributed by atoms with Gasteiger partial charge < -0.3 is 4.74 Å². The van der Waals surface area contributed by atoms with Gasteiger partial charge in [0.05, 0.1) is 0 Å². The van der Waals surface area contributed by atoms with E-state index in [0.717, 1.165) is 12.0 Å². The lowest BCUT2D eigenvalue weighted by Gasteiger charge is -2.28. The topological polar surface area (TPSA) is 26.3 Å². The number of benzene rings is 2. The highest BCUT2D eigenvalue weighted by atomic mass is 16.6. The largest absolute Gasteiger partial charge is 0.455 e. The molecule has 0 aromatic heterocycles. The molecule has 0 heterocycles. The SMILES string of the molecule is CC[C@](C)(OC(C)=O)c1ccc2ccccc2c1. The van der Waals surface area contributed by atoms with Crippen LogP contribution in [0.5, 0.6) is 0 Å². The van der Waals surface area contributed by atoms with Crippen molar-refractivity contribution in [3.8, 4) is 0 Å². The number of carbonyl (C=O) groups is 1. The van der Waals surface area contributed by atoms with Crippen LogP contribution < -0.4 is 0 Å². The van der Waals surface area contributed by atoms with Gasteiger partial charge in [-0.2, -0.15) is 0 Å². The number of esters is 1. The molecule has 0 spiro atoms. The Morgan fingerprint density at radius 3 is 2.44 bits per heavy atom. The molecule has 1 atom stereocenters. The maximum absolute atomic E-state index is 11.2. The Bertz CT molecular complexity index is 574. The van der Waals surface area contributed by atoms with E-state index in [9.17, 15) is 4.79 Å². The van der Waals surface area contributed by atoms with Crippen LogP contribution in [0.25, 0.3) is 10.8 Å². The molecule has 0 aliphatic heterocycles. The summed E-state index contributed by atoms with van der Waals surface area (Å²) in [4.78, 5) is 11.2. The predicted octanol–water partition coefficient (Wildman–Crippen LogP) is 4.03. The molecule has 0 bridgehead atoms. The molecule has 0 fully saturated rings. The molecule has 0 aliphatic rings. The minimum Gasteiger partial charge on any atom is -0.455 e. The standard InChI is InChI=1S/C16H18O2/c1-4-16(3,18-12(2)17)15-10-9-13-7-5-6-8-14(13)11-15/h5-11H,4H2,1-3H3/t16-/m0/s1. The van der Waals surface area contributed by atoms with Crippen LogP contribution in [0.1, 0.15) is 32.8 Å². The molecule has 2 aromatic rings. The maximum atomic E-state index is 11.2. The number of ether oxygens (including phenoxy) is 1. The lowest BCUT2D eigenvalue weighted by molar-refractivity contribution is -0.156. The van der Waals surface area contributed by atoms with Crippen LogP contribution in [0.2, 0.25) is 0 Å². The Morgan fingerprint density at radius 2 is 1.83 bits per heavy atom. The molecule has 0 aliphatic carbocycles. The normalized spacial score (nSPS) is 14.2. The van der Waals surface area contributed by atoms with Gasteiger partial charge in [0.25, 0.3) is 0 Å². The van der Waals surface area contributed by atoms with Crippen LogP contribution in [0.4, 0.5) is 0 Å². The quantitative estimate of drug-likeness (QED) is 0.760. The van der Waals surface area contributed by atoms with Crippen molar-refractivity contribution in [2.24, 2.45) is 0 Å². The van der Waals surface area contributed by atoms with E-state index >= 15 is 0 Å². The lowest BCUT2D eigenvalue weighted by atomic mass is 9.91. The summed E-state index contributed by atoms with van der Waals surface area (Å²) in [6, 6.07) is 14.4. The molecule has 0 unspecified atom stereocenters. The van der Waals surface area contributed by atoms with E-state index in [1.165, 1.54) is 17.7 Å². The van der Waals surface area contributed by atoms with Gasteiger partial charge in [-0.25, -0.2) is 0 Å². The smallest absolute Gasteiger partial charge is 0.303 e. The van der Waals surface area contributed by atoms with E-state index < -0.39 is 5.60 Å². The van der Waals surface area contributed by atoms with Gasteiger partial charge in [0.15, 0.2) is 0 Å². The number of hydrogen-bond acceptors (Lipinski definition) is 2. The minimum atomic E-state index is -0.546. The minimum absolute atomic E-state index is 0.243. The number of rotatable bonds is 3. The van der Waals surface area contributed by atoms with Crippen molar-refractivity contribution in [3.63, 3.8) is 0 Å². The fourth-order valence-electron chi connectivity index (χ4n) is 2.17. The van der Waals surface area contributed by atoms with Crippen LogP contribution in [-0.2, 0) is 15.1 Å². The molecule has 0 saturated heterocycles. The molecule has 0 N–H and O–H groups in total. The first-order valence-corrected chi connectivity index (χ1v) is 6.24. The van der Waals surface area contributed by atoms with Crippen molar-refractivity contribution in [1.29, 1.82) is 0 Å². The third kappa shape index (κ3) is 2.37. The summed E-state index contributed by atoms with van der Waals surface area (Å²) in [5.41, 5.74) is 0.495. The maximum Gasteiger partial charge on any atom is 0.303 e. The van der Waals surface area contributed by atoms with Crippen molar-refractivity contribution in [3.05, 3.63) is 48.0 Å². The van der Waals surface area contributed by atoms with Crippen molar-refractivity contribution in [2.45, 2.75) is 32.8 Å². The molecule has 94 valence electrons. The van der Waals surface area contributed by atoms with Gasteiger partial charge in [-0.15, -0.1) is 0 Å². The van der Waals surface area contributed by atoms with Crippen LogP contribution in [0, 0.1) is 0 Å². The molecule has 2 heteroatoms. The average molecular weight is 242 g/mol. The summed E-state index contributed by atoms with van der Waals surface area (Å²) in [5, 5.41) is 2.37. The van der Waals surface area contributed by atoms with Crippen molar-refractivity contribution in [2.75, 3.05) is 0 Å². The molecule has 2 aromatic carbocycles. The third-order valence-corrected chi connectivity index (χ3v) is 3.40. The predicted molar refractivity (Wildman–Crippen MR) is 73.4 cm³/mol. The summed E-state index contributed by atoms with van der Waals surface area (Å²) in [6.07, 6.45) is 0.755. The monoisotopic (exact) mass is 242 g/mol. The molecule has 2 nitrogen and oxygen atoms in total. The molecule has 18 heavy (non-hydrogen) atoms. The van der Waals surface area contributed by atoms with Crippen molar-refractivity contribution < 1.29 is 9.53 Å². The number of fused-ring (bicyclic) bond motifs is 1. The second kappa shape index (κ2) is 4.81. The highest BCUT2D eigenvalue weighted by Gasteiger charge is 2.27. The Kier molecular flexibility index (Phi) is 3.37. The van der Waals surface area contributed by atoms with Crippen LogP contribution in [-0.4, -0.2) is 5.97 Å². The molecular formula is C16H18O2. The van der Waals surface area contributed by atoms with Gasteiger partial charge in [0, 0.05) is 6.92 Å². The van der Waals surface area contributed by atoms with E-state index in [2.05, 4.69) is 24.3 Å². The van der Waals surface area contributed by atoms with Gasteiger partial charge in [0.2, 0.25) is 0 Å². The lowest BCUT2D eigenvalue weighted by Crippen LogP contribution is -2.27. The summed E-state index contributed by atoms with van der Waals surface area (Å²) in [6.45, 7) is 5.44. The van der Waals surface area contributed by atoms with Gasteiger partial charge >= 0.3 is 5.97 Å². The summed E-state index contributed by atoms with van der Waals surface area (Å²) in [7, 11) is 0. The van der Waals surface area contributed by atoms with E-state index in [4.69, 9.17) is 4.74 Å². The molecule has 0 amide bonds. The van der Waals surface area contributed by atoms with Gasteiger partial charge in [0.1, 0.15) is 5.60 Å². The third-order valence-electron chi connectivity index (χ3n) is 3.40. The highest BCUT2D eigenvalue weighted by molar-refractivity contribution is 5.83. The molecule has 0 saturated carbocycles. The fraction of sp³-hybridized carbons (Fsp3) is 0.312. The second-order valence-electron chi connectivity index (χ2n) is 4.74. The first-order chi connectivity index (χ1) is 8.55. The summed E-state index contributed by atoms with van der Waals surface area (Å²) >= 11 is 0. The zero-order valence-corrected chi connectivity index (χ0v) is 11.1. The zero-order chi connectivity index (χ0) is 13.2. The Morgan fingerprint density at radius 1 is 1.17 bits per heavy atom. The molecule has 0 radical (unpaired) electrons. The van der Waals surface area contributed by atoms with E-state index in [0.29, 0.717) is 0 Å². The average Bonchev–Trinajstić information content (AvgIpc) is 2.37. The fourth-order valence-corrected chi connectivity index (χ4v) is 2.17. The van der Waals surface area contributed by atoms with Gasteiger partial charge in [-0.1, -0.05) is 43.3 Å². The van der Waals surface area contributed by atoms with Gasteiger partial charge in [-0.3, -0.25) is 4.79 Å². The summed E-state index contributed by atoms with van der Waals surface area (Å²) in [5.74, 6) is -0.243.